The molecule has 8 nitrogen and oxygen atoms in total. The summed E-state index contributed by atoms with van der Waals surface area (Å²) in [5.74, 6) is 3.19. The fourth-order valence-corrected chi connectivity index (χ4v) is 2.74. The van der Waals surface area contributed by atoms with Crippen molar-refractivity contribution in [1.29, 1.82) is 0 Å². The van der Waals surface area contributed by atoms with Crippen LogP contribution in [-0.2, 0) is 0 Å². The molecule has 1 N–H and O–H groups in total. The Morgan fingerprint density at radius 1 is 1.17 bits per heavy atom. The smallest absolute Gasteiger partial charge is 0.178 e. The second-order valence-corrected chi connectivity index (χ2v) is 5.91. The van der Waals surface area contributed by atoms with Gasteiger partial charge in [-0.3, -0.25) is 4.98 Å². The minimum absolute atomic E-state index is 0.580. The van der Waals surface area contributed by atoms with Crippen LogP contribution in [0.2, 0.25) is 0 Å². The lowest BCUT2D eigenvalue weighted by molar-refractivity contribution is 0.424. The Bertz CT molecular complexity index is 836. The van der Waals surface area contributed by atoms with Crippen LogP contribution in [0.15, 0.2) is 24.5 Å². The highest BCUT2D eigenvalue weighted by Crippen LogP contribution is 2.23. The number of aromatic nitrogens is 6. The number of hydrogen-bond donors (Lipinski definition) is 1. The third kappa shape index (κ3) is 2.67. The molecule has 0 unspecified atom stereocenters. The van der Waals surface area contributed by atoms with Crippen LogP contribution in [0, 0.1) is 19.8 Å². The van der Waals surface area contributed by atoms with E-state index < -0.39 is 0 Å². The lowest BCUT2D eigenvalue weighted by atomic mass is 10.0. The maximum atomic E-state index is 4.60. The molecule has 118 valence electrons. The molecule has 4 heterocycles. The zero-order valence-electron chi connectivity index (χ0n) is 13.1. The Balaban J connectivity index is 1.36. The number of nitrogens with one attached hydrogen (secondary N) is 1. The van der Waals surface area contributed by atoms with Crippen molar-refractivity contribution in [3.63, 3.8) is 0 Å². The molecule has 23 heavy (non-hydrogen) atoms. The van der Waals surface area contributed by atoms with Gasteiger partial charge in [0.25, 0.3) is 0 Å². The summed E-state index contributed by atoms with van der Waals surface area (Å²) < 4.78 is 1.78. The van der Waals surface area contributed by atoms with E-state index in [9.17, 15) is 0 Å². The molecule has 3 aromatic rings. The molecule has 8 heteroatoms. The van der Waals surface area contributed by atoms with E-state index in [0.717, 1.165) is 48.4 Å². The Labute approximate surface area is 133 Å². The summed E-state index contributed by atoms with van der Waals surface area (Å²) in [5.41, 5.74) is 1.70. The molecule has 4 rings (SSSR count). The van der Waals surface area contributed by atoms with Crippen LogP contribution in [0.1, 0.15) is 11.5 Å². The summed E-state index contributed by atoms with van der Waals surface area (Å²) in [7, 11) is 0. The van der Waals surface area contributed by atoms with Gasteiger partial charge in [0.15, 0.2) is 11.5 Å². The van der Waals surface area contributed by atoms with Gasteiger partial charge in [0.2, 0.25) is 0 Å². The molecular formula is C15H18N8. The van der Waals surface area contributed by atoms with E-state index >= 15 is 0 Å². The fraction of sp³-hybridized carbons (Fsp3) is 0.400. The van der Waals surface area contributed by atoms with Crippen LogP contribution >= 0.6 is 0 Å². The van der Waals surface area contributed by atoms with E-state index in [-0.39, 0.29) is 0 Å². The van der Waals surface area contributed by atoms with Crippen molar-refractivity contribution < 1.29 is 0 Å². The molecule has 0 atom stereocenters. The second-order valence-electron chi connectivity index (χ2n) is 5.91. The van der Waals surface area contributed by atoms with Crippen LogP contribution < -0.4 is 10.2 Å². The summed E-state index contributed by atoms with van der Waals surface area (Å²) >= 11 is 0. The minimum atomic E-state index is 0.580. The van der Waals surface area contributed by atoms with Gasteiger partial charge in [0.05, 0.1) is 11.9 Å². The van der Waals surface area contributed by atoms with E-state index in [0.29, 0.717) is 5.92 Å². The molecule has 0 spiro atoms. The largest absolute Gasteiger partial charge is 0.368 e. The molecule has 0 bridgehead atoms. The van der Waals surface area contributed by atoms with Crippen molar-refractivity contribution in [2.75, 3.05) is 29.9 Å². The van der Waals surface area contributed by atoms with Crippen molar-refractivity contribution in [2.24, 2.45) is 5.92 Å². The lowest BCUT2D eigenvalue weighted by Crippen LogP contribution is -2.50. The highest BCUT2D eigenvalue weighted by molar-refractivity contribution is 5.47. The van der Waals surface area contributed by atoms with Gasteiger partial charge in [-0.1, -0.05) is 0 Å². The first-order valence-electron chi connectivity index (χ1n) is 7.65. The molecule has 1 aliphatic heterocycles. The molecule has 0 radical (unpaired) electrons. The zero-order valence-corrected chi connectivity index (χ0v) is 13.1. The molecule has 0 saturated carbocycles. The van der Waals surface area contributed by atoms with Crippen molar-refractivity contribution in [3.05, 3.63) is 36.0 Å². The summed E-state index contributed by atoms with van der Waals surface area (Å²) in [4.78, 5) is 10.8. The Kier molecular flexibility index (Phi) is 3.29. The van der Waals surface area contributed by atoms with Crippen molar-refractivity contribution in [3.8, 4) is 0 Å². The van der Waals surface area contributed by atoms with Gasteiger partial charge in [0, 0.05) is 31.7 Å². The van der Waals surface area contributed by atoms with Crippen LogP contribution in [0.3, 0.4) is 0 Å². The third-order valence-corrected chi connectivity index (χ3v) is 4.01. The van der Waals surface area contributed by atoms with E-state index in [2.05, 4.69) is 35.5 Å². The minimum Gasteiger partial charge on any atom is -0.368 e. The first kappa shape index (κ1) is 13.9. The predicted molar refractivity (Wildman–Crippen MR) is 86.5 cm³/mol. The Hall–Kier alpha value is -2.77. The number of hydrogen-bond acceptors (Lipinski definition) is 7. The van der Waals surface area contributed by atoms with Gasteiger partial charge in [-0.2, -0.15) is 4.52 Å². The van der Waals surface area contributed by atoms with Crippen LogP contribution in [0.25, 0.3) is 5.65 Å². The number of anilines is 2. The highest BCUT2D eigenvalue weighted by atomic mass is 15.4. The molecule has 0 amide bonds. The summed E-state index contributed by atoms with van der Waals surface area (Å²) in [6.07, 6.45) is 3.51. The first-order valence-corrected chi connectivity index (χ1v) is 7.65. The van der Waals surface area contributed by atoms with Gasteiger partial charge in [0.1, 0.15) is 11.6 Å². The standard InChI is InChI=1S/C15H18N8/c1-10-5-16-7-13(18-10)17-6-12-8-22(9-12)15-4-3-14-20-19-11(2)23(14)21-15/h3-5,7,12H,6,8-9H2,1-2H3,(H,17,18). The zero-order chi connectivity index (χ0) is 15.8. The number of rotatable bonds is 4. The average Bonchev–Trinajstić information content (AvgIpc) is 2.87. The topological polar surface area (TPSA) is 84.1 Å². The molecule has 0 aliphatic carbocycles. The highest BCUT2D eigenvalue weighted by Gasteiger charge is 2.28. The van der Waals surface area contributed by atoms with E-state index in [1.54, 1.807) is 16.9 Å². The second kappa shape index (κ2) is 5.45. The van der Waals surface area contributed by atoms with Gasteiger partial charge in [-0.15, -0.1) is 15.3 Å². The van der Waals surface area contributed by atoms with Gasteiger partial charge < -0.3 is 10.2 Å². The Morgan fingerprint density at radius 3 is 2.87 bits per heavy atom. The molecule has 1 fully saturated rings. The van der Waals surface area contributed by atoms with Crippen molar-refractivity contribution in [2.45, 2.75) is 13.8 Å². The molecule has 3 aromatic heterocycles. The molecule has 0 aromatic carbocycles. The maximum absolute atomic E-state index is 4.60. The monoisotopic (exact) mass is 310 g/mol. The predicted octanol–water partition coefficient (Wildman–Crippen LogP) is 1.08. The average molecular weight is 310 g/mol. The fourth-order valence-electron chi connectivity index (χ4n) is 2.74. The summed E-state index contributed by atoms with van der Waals surface area (Å²) in [5, 5.41) is 16.0. The number of nitrogens with zero attached hydrogens (tertiary/aromatic N) is 7. The van der Waals surface area contributed by atoms with Gasteiger partial charge in [-0.25, -0.2) is 4.98 Å². The van der Waals surface area contributed by atoms with Crippen molar-refractivity contribution in [1.82, 2.24) is 29.8 Å². The van der Waals surface area contributed by atoms with Gasteiger partial charge >= 0.3 is 0 Å². The quantitative estimate of drug-likeness (QED) is 0.772. The third-order valence-electron chi connectivity index (χ3n) is 4.01. The van der Waals surface area contributed by atoms with Gasteiger partial charge in [-0.05, 0) is 26.0 Å². The lowest BCUT2D eigenvalue weighted by Gasteiger charge is -2.40. The Morgan fingerprint density at radius 2 is 2.04 bits per heavy atom. The molecule has 1 saturated heterocycles. The molecule has 1 aliphatic rings. The number of fused-ring (bicyclic) bond motifs is 1. The summed E-state index contributed by atoms with van der Waals surface area (Å²) in [6.45, 7) is 6.70. The van der Waals surface area contributed by atoms with E-state index in [4.69, 9.17) is 0 Å². The number of aryl methyl sites for hydroxylation is 2. The van der Waals surface area contributed by atoms with Crippen LogP contribution in [0.4, 0.5) is 11.6 Å². The first-order chi connectivity index (χ1) is 11.2. The van der Waals surface area contributed by atoms with Crippen LogP contribution in [0.5, 0.6) is 0 Å². The normalized spacial score (nSPS) is 15.0. The van der Waals surface area contributed by atoms with Crippen molar-refractivity contribution >= 4 is 17.3 Å². The SMILES string of the molecule is Cc1cncc(NCC2CN(c3ccc4nnc(C)n4n3)C2)n1. The van der Waals surface area contributed by atoms with Crippen LogP contribution in [-0.4, -0.2) is 49.4 Å². The van der Waals surface area contributed by atoms with E-state index in [1.165, 1.54) is 0 Å². The summed E-state index contributed by atoms with van der Waals surface area (Å²) in [6, 6.07) is 3.95. The maximum Gasteiger partial charge on any atom is 0.178 e. The molecular weight excluding hydrogens is 292 g/mol. The van der Waals surface area contributed by atoms with E-state index in [1.807, 2.05) is 26.0 Å².